The smallest absolute Gasteiger partial charge is 0.227 e. The van der Waals surface area contributed by atoms with Crippen LogP contribution in [0, 0.1) is 20.8 Å². The second-order valence-corrected chi connectivity index (χ2v) is 6.67. The summed E-state index contributed by atoms with van der Waals surface area (Å²) in [7, 11) is 3.76. The van der Waals surface area contributed by atoms with Crippen LogP contribution in [0.1, 0.15) is 47.4 Å². The lowest BCUT2D eigenvalue weighted by Gasteiger charge is -2.25. The van der Waals surface area contributed by atoms with Gasteiger partial charge in [-0.05, 0) is 33.6 Å². The molecule has 1 saturated heterocycles. The summed E-state index contributed by atoms with van der Waals surface area (Å²) in [6.45, 7) is 6.63. The van der Waals surface area contributed by atoms with Gasteiger partial charge in [0.2, 0.25) is 5.91 Å². The molecule has 25 heavy (non-hydrogen) atoms. The molecule has 1 amide bonds. The Kier molecular flexibility index (Phi) is 4.74. The fourth-order valence-corrected chi connectivity index (χ4v) is 3.59. The first-order valence-electron chi connectivity index (χ1n) is 8.72. The average molecular weight is 342 g/mol. The van der Waals surface area contributed by atoms with Gasteiger partial charge in [0.25, 0.3) is 0 Å². The van der Waals surface area contributed by atoms with E-state index in [2.05, 4.69) is 20.4 Å². The van der Waals surface area contributed by atoms with Crippen molar-refractivity contribution in [3.63, 3.8) is 0 Å². The molecular weight excluding hydrogens is 316 g/mol. The Morgan fingerprint density at radius 2 is 2.08 bits per heavy atom. The topological polar surface area (TPSA) is 75.9 Å². The first-order valence-corrected chi connectivity index (χ1v) is 8.72. The minimum absolute atomic E-state index is 0.0265. The minimum atomic E-state index is 0.0265. The zero-order valence-electron chi connectivity index (χ0n) is 15.6. The zero-order chi connectivity index (χ0) is 18.1. The average Bonchev–Trinajstić information content (AvgIpc) is 3.15. The van der Waals surface area contributed by atoms with E-state index in [1.165, 1.54) is 0 Å². The number of carbonyl (C=O) groups excluding carboxylic acids is 1. The molecule has 0 bridgehead atoms. The van der Waals surface area contributed by atoms with Gasteiger partial charge >= 0.3 is 0 Å². The molecule has 0 saturated carbocycles. The van der Waals surface area contributed by atoms with Gasteiger partial charge in [0.1, 0.15) is 11.6 Å². The van der Waals surface area contributed by atoms with Gasteiger partial charge in [0, 0.05) is 38.0 Å². The molecule has 0 aromatic carbocycles. The minimum Gasteiger partial charge on any atom is -0.373 e. The molecule has 1 aliphatic heterocycles. The lowest BCUT2D eigenvalue weighted by molar-refractivity contribution is -0.131. The van der Waals surface area contributed by atoms with Crippen LogP contribution in [0.4, 0.5) is 5.82 Å². The lowest BCUT2D eigenvalue weighted by atomic mass is 10.1. The summed E-state index contributed by atoms with van der Waals surface area (Å²) in [5, 5.41) is 7.49. The van der Waals surface area contributed by atoms with Crippen LogP contribution in [0.3, 0.4) is 0 Å². The third-order valence-electron chi connectivity index (χ3n) is 5.02. The SMILES string of the molecule is CNc1cc(C2CCCN2C(=O)Cc2c(C)nn(C)c2C)nc(C)n1. The van der Waals surface area contributed by atoms with Crippen molar-refractivity contribution < 1.29 is 4.79 Å². The van der Waals surface area contributed by atoms with Crippen LogP contribution in [-0.4, -0.2) is 44.1 Å². The number of aromatic nitrogens is 4. The Bertz CT molecular complexity index is 797. The first kappa shape index (κ1) is 17.4. The van der Waals surface area contributed by atoms with Crippen molar-refractivity contribution in [1.82, 2.24) is 24.6 Å². The Morgan fingerprint density at radius 1 is 1.32 bits per heavy atom. The highest BCUT2D eigenvalue weighted by atomic mass is 16.2. The predicted octanol–water partition coefficient (Wildman–Crippen LogP) is 2.08. The molecule has 2 aromatic heterocycles. The maximum Gasteiger partial charge on any atom is 0.227 e. The summed E-state index contributed by atoms with van der Waals surface area (Å²) >= 11 is 0. The van der Waals surface area contributed by atoms with Gasteiger partial charge in [-0.15, -0.1) is 0 Å². The molecule has 0 radical (unpaired) electrons. The number of amides is 1. The van der Waals surface area contributed by atoms with Gasteiger partial charge < -0.3 is 10.2 Å². The number of aryl methyl sites for hydroxylation is 3. The molecule has 3 rings (SSSR count). The van der Waals surface area contributed by atoms with Crippen molar-refractivity contribution in [3.8, 4) is 0 Å². The monoisotopic (exact) mass is 342 g/mol. The highest BCUT2D eigenvalue weighted by molar-refractivity contribution is 5.80. The number of nitrogens with one attached hydrogen (secondary N) is 1. The van der Waals surface area contributed by atoms with Crippen molar-refractivity contribution in [2.75, 3.05) is 18.9 Å². The molecule has 7 nitrogen and oxygen atoms in total. The van der Waals surface area contributed by atoms with Gasteiger partial charge in [-0.1, -0.05) is 0 Å². The number of hydrogen-bond donors (Lipinski definition) is 1. The lowest BCUT2D eigenvalue weighted by Crippen LogP contribution is -2.32. The number of nitrogens with zero attached hydrogens (tertiary/aromatic N) is 5. The summed E-state index contributed by atoms with van der Waals surface area (Å²) < 4.78 is 1.84. The van der Waals surface area contributed by atoms with E-state index in [-0.39, 0.29) is 11.9 Å². The van der Waals surface area contributed by atoms with E-state index in [1.54, 1.807) is 0 Å². The van der Waals surface area contributed by atoms with Gasteiger partial charge in [-0.3, -0.25) is 9.48 Å². The summed E-state index contributed by atoms with van der Waals surface area (Å²) in [4.78, 5) is 23.9. The number of carbonyl (C=O) groups is 1. The van der Waals surface area contributed by atoms with E-state index < -0.39 is 0 Å². The Balaban J connectivity index is 1.84. The predicted molar refractivity (Wildman–Crippen MR) is 96.4 cm³/mol. The zero-order valence-corrected chi connectivity index (χ0v) is 15.6. The second kappa shape index (κ2) is 6.82. The van der Waals surface area contributed by atoms with Crippen molar-refractivity contribution >= 4 is 11.7 Å². The third-order valence-corrected chi connectivity index (χ3v) is 5.02. The summed E-state index contributed by atoms with van der Waals surface area (Å²) in [5.41, 5.74) is 3.94. The standard InChI is InChI=1S/C18H26N6O/c1-11-14(12(2)23(5)22-11)9-18(25)24-8-6-7-16(24)15-10-17(19-4)21-13(3)20-15/h10,16H,6-9H2,1-5H3,(H,19,20,21). The molecular formula is C18H26N6O. The van der Waals surface area contributed by atoms with E-state index >= 15 is 0 Å². The van der Waals surface area contributed by atoms with Gasteiger partial charge in [-0.2, -0.15) is 5.10 Å². The maximum absolute atomic E-state index is 13.0. The third kappa shape index (κ3) is 3.36. The number of likely N-dealkylation sites (tertiary alicyclic amines) is 1. The van der Waals surface area contributed by atoms with E-state index in [9.17, 15) is 4.79 Å². The van der Waals surface area contributed by atoms with Crippen LogP contribution in [-0.2, 0) is 18.3 Å². The fourth-order valence-electron chi connectivity index (χ4n) is 3.59. The molecule has 1 fully saturated rings. The van der Waals surface area contributed by atoms with E-state index in [4.69, 9.17) is 0 Å². The summed E-state index contributed by atoms with van der Waals surface area (Å²) in [6, 6.07) is 1.97. The van der Waals surface area contributed by atoms with Crippen molar-refractivity contribution in [2.45, 2.75) is 46.1 Å². The molecule has 1 N–H and O–H groups in total. The maximum atomic E-state index is 13.0. The number of anilines is 1. The quantitative estimate of drug-likeness (QED) is 0.921. The molecule has 134 valence electrons. The molecule has 0 aliphatic carbocycles. The fraction of sp³-hybridized carbons (Fsp3) is 0.556. The van der Waals surface area contributed by atoms with Gasteiger partial charge in [-0.25, -0.2) is 9.97 Å². The Hall–Kier alpha value is -2.44. The number of hydrogen-bond acceptors (Lipinski definition) is 5. The molecule has 2 aromatic rings. The van der Waals surface area contributed by atoms with Crippen LogP contribution >= 0.6 is 0 Å². The molecule has 7 heteroatoms. The van der Waals surface area contributed by atoms with Crippen LogP contribution in [0.2, 0.25) is 0 Å². The van der Waals surface area contributed by atoms with Crippen LogP contribution in [0.25, 0.3) is 0 Å². The van der Waals surface area contributed by atoms with Gasteiger partial charge in [0.15, 0.2) is 0 Å². The van der Waals surface area contributed by atoms with Crippen LogP contribution in [0.15, 0.2) is 6.07 Å². The number of rotatable bonds is 4. The van der Waals surface area contributed by atoms with Gasteiger partial charge in [0.05, 0.1) is 23.9 Å². The second-order valence-electron chi connectivity index (χ2n) is 6.67. The van der Waals surface area contributed by atoms with Crippen molar-refractivity contribution in [2.24, 2.45) is 7.05 Å². The highest BCUT2D eigenvalue weighted by Gasteiger charge is 2.32. The van der Waals surface area contributed by atoms with E-state index in [0.717, 1.165) is 53.7 Å². The van der Waals surface area contributed by atoms with E-state index in [0.29, 0.717) is 6.42 Å². The largest absolute Gasteiger partial charge is 0.373 e. The summed E-state index contributed by atoms with van der Waals surface area (Å²) in [6.07, 6.45) is 2.33. The molecule has 3 heterocycles. The van der Waals surface area contributed by atoms with Crippen LogP contribution in [0.5, 0.6) is 0 Å². The Labute approximate surface area is 148 Å². The van der Waals surface area contributed by atoms with Crippen molar-refractivity contribution in [3.05, 3.63) is 34.5 Å². The normalized spacial score (nSPS) is 17.2. The first-order chi connectivity index (χ1) is 11.9. The van der Waals surface area contributed by atoms with Crippen molar-refractivity contribution in [1.29, 1.82) is 0 Å². The molecule has 1 unspecified atom stereocenters. The molecule has 1 aliphatic rings. The highest BCUT2D eigenvalue weighted by Crippen LogP contribution is 2.32. The van der Waals surface area contributed by atoms with Crippen LogP contribution < -0.4 is 5.32 Å². The molecule has 0 spiro atoms. The van der Waals surface area contributed by atoms with E-state index in [1.807, 2.05) is 50.5 Å². The summed E-state index contributed by atoms with van der Waals surface area (Å²) in [5.74, 6) is 1.66. The Morgan fingerprint density at radius 3 is 2.72 bits per heavy atom. The molecule has 1 atom stereocenters.